The van der Waals surface area contributed by atoms with E-state index < -0.39 is 52.2 Å². The standard InChI is InChI=1S/C12H3F9N6/c13-10(14,15)7(22-23-7)4-1-5(8(24-25-8)11(16,17)18)3-6(2-4)9(26-27-9)12(19,20)21/h1-3H. The second-order valence-electron chi connectivity index (χ2n) is 5.91. The van der Waals surface area contributed by atoms with Gasteiger partial charge in [0.15, 0.2) is 0 Å². The lowest BCUT2D eigenvalue weighted by molar-refractivity contribution is -0.168. The van der Waals surface area contributed by atoms with Gasteiger partial charge in [0.1, 0.15) is 0 Å². The van der Waals surface area contributed by atoms with Crippen LogP contribution in [0.4, 0.5) is 39.5 Å². The molecule has 3 aliphatic heterocycles. The fraction of sp³-hybridized carbons (Fsp3) is 0.500. The maximum atomic E-state index is 13.2. The first-order valence-electron chi connectivity index (χ1n) is 6.87. The topological polar surface area (TPSA) is 74.2 Å². The maximum absolute atomic E-state index is 13.2. The lowest BCUT2D eigenvalue weighted by atomic mass is 9.89. The van der Waals surface area contributed by atoms with Gasteiger partial charge in [-0.05, 0) is 18.2 Å². The molecule has 27 heavy (non-hydrogen) atoms. The van der Waals surface area contributed by atoms with Crippen LogP contribution in [0, 0.1) is 0 Å². The molecule has 6 nitrogen and oxygen atoms in total. The monoisotopic (exact) mass is 402 g/mol. The van der Waals surface area contributed by atoms with Crippen LogP contribution in [0.2, 0.25) is 0 Å². The number of rotatable bonds is 3. The van der Waals surface area contributed by atoms with Crippen molar-refractivity contribution in [3.05, 3.63) is 34.9 Å². The van der Waals surface area contributed by atoms with Crippen LogP contribution >= 0.6 is 0 Å². The largest absolute Gasteiger partial charge is 0.442 e. The maximum Gasteiger partial charge on any atom is 0.442 e. The molecule has 0 N–H and O–H groups in total. The summed E-state index contributed by atoms with van der Waals surface area (Å²) in [6, 6.07) is 1.16. The van der Waals surface area contributed by atoms with Gasteiger partial charge in [0, 0.05) is 16.7 Å². The molecule has 1 aromatic carbocycles. The average molecular weight is 402 g/mol. The quantitative estimate of drug-likeness (QED) is 0.621. The molecule has 15 heteroatoms. The number of benzene rings is 1. The van der Waals surface area contributed by atoms with Gasteiger partial charge in [-0.2, -0.15) is 39.5 Å². The van der Waals surface area contributed by atoms with E-state index in [1.54, 1.807) is 0 Å². The van der Waals surface area contributed by atoms with Gasteiger partial charge >= 0.3 is 35.5 Å². The summed E-state index contributed by atoms with van der Waals surface area (Å²) in [5.74, 6) is 0. The fourth-order valence-corrected chi connectivity index (χ4v) is 2.56. The molecule has 0 unspecified atom stereocenters. The molecular formula is C12H3F9N6. The lowest BCUT2D eigenvalue weighted by Crippen LogP contribution is -2.35. The first-order valence-corrected chi connectivity index (χ1v) is 6.87. The third kappa shape index (κ3) is 2.22. The molecule has 0 aromatic heterocycles. The molecule has 0 spiro atoms. The van der Waals surface area contributed by atoms with Gasteiger partial charge in [0.05, 0.1) is 0 Å². The zero-order valence-corrected chi connectivity index (χ0v) is 12.3. The Bertz CT molecular complexity index is 773. The van der Waals surface area contributed by atoms with Gasteiger partial charge in [-0.15, -0.1) is 30.7 Å². The van der Waals surface area contributed by atoms with Crippen molar-refractivity contribution in [2.75, 3.05) is 0 Å². The normalized spacial score (nSPS) is 23.4. The summed E-state index contributed by atoms with van der Waals surface area (Å²) in [5, 5.41) is 16.8. The van der Waals surface area contributed by atoms with Crippen molar-refractivity contribution in [2.45, 2.75) is 35.5 Å². The number of alkyl halides is 9. The minimum Gasteiger partial charge on any atom is -0.166 e. The van der Waals surface area contributed by atoms with Gasteiger partial charge in [-0.3, -0.25) is 0 Å². The van der Waals surface area contributed by atoms with Crippen molar-refractivity contribution in [3.63, 3.8) is 0 Å². The molecule has 3 heterocycles. The molecule has 0 fully saturated rings. The van der Waals surface area contributed by atoms with Crippen LogP contribution in [0.1, 0.15) is 16.7 Å². The molecule has 0 saturated carbocycles. The number of hydrogen-bond acceptors (Lipinski definition) is 6. The highest BCUT2D eigenvalue weighted by Gasteiger charge is 2.70. The minimum atomic E-state index is -5.17. The third-order valence-corrected chi connectivity index (χ3v) is 4.23. The van der Waals surface area contributed by atoms with Gasteiger partial charge < -0.3 is 0 Å². The van der Waals surface area contributed by atoms with Gasteiger partial charge in [-0.1, -0.05) is 0 Å². The van der Waals surface area contributed by atoms with Crippen LogP contribution < -0.4 is 0 Å². The van der Waals surface area contributed by atoms with E-state index in [-0.39, 0.29) is 0 Å². The number of halogens is 9. The van der Waals surface area contributed by atoms with Crippen molar-refractivity contribution in [2.24, 2.45) is 30.7 Å². The predicted molar refractivity (Wildman–Crippen MR) is 64.2 cm³/mol. The summed E-state index contributed by atoms with van der Waals surface area (Å²) >= 11 is 0. The van der Waals surface area contributed by atoms with Crippen molar-refractivity contribution < 1.29 is 39.5 Å². The van der Waals surface area contributed by atoms with Crippen molar-refractivity contribution in [1.29, 1.82) is 0 Å². The second-order valence-corrected chi connectivity index (χ2v) is 5.91. The summed E-state index contributed by atoms with van der Waals surface area (Å²) in [5.41, 5.74) is -12.9. The van der Waals surface area contributed by atoms with Gasteiger partial charge in [0.2, 0.25) is 0 Å². The van der Waals surface area contributed by atoms with Crippen LogP contribution in [-0.4, -0.2) is 18.5 Å². The summed E-state index contributed by atoms with van der Waals surface area (Å²) in [4.78, 5) is 0. The highest BCUT2D eigenvalue weighted by molar-refractivity contribution is 5.46. The van der Waals surface area contributed by atoms with Gasteiger partial charge in [0.25, 0.3) is 0 Å². The molecule has 0 saturated heterocycles. The van der Waals surface area contributed by atoms with Crippen LogP contribution in [0.3, 0.4) is 0 Å². The fourth-order valence-electron chi connectivity index (χ4n) is 2.56. The Labute approximate surface area is 141 Å². The molecule has 0 bridgehead atoms. The van der Waals surface area contributed by atoms with Crippen molar-refractivity contribution >= 4 is 0 Å². The molecule has 0 amide bonds. The van der Waals surface area contributed by atoms with E-state index >= 15 is 0 Å². The Morgan fingerprint density at radius 1 is 0.444 bits per heavy atom. The van der Waals surface area contributed by atoms with E-state index in [0.29, 0.717) is 18.2 Å². The zero-order chi connectivity index (χ0) is 20.1. The van der Waals surface area contributed by atoms with Crippen LogP contribution in [-0.2, 0) is 17.0 Å². The Morgan fingerprint density at radius 2 is 0.630 bits per heavy atom. The Balaban J connectivity index is 1.90. The number of hydrogen-bond donors (Lipinski definition) is 0. The van der Waals surface area contributed by atoms with Crippen LogP contribution in [0.15, 0.2) is 48.9 Å². The predicted octanol–water partition coefficient (Wildman–Crippen LogP) is 5.23. The summed E-state index contributed by atoms with van der Waals surface area (Å²) < 4.78 is 119. The summed E-state index contributed by atoms with van der Waals surface area (Å²) in [6.45, 7) is 0. The van der Waals surface area contributed by atoms with E-state index in [1.165, 1.54) is 0 Å². The van der Waals surface area contributed by atoms with E-state index in [9.17, 15) is 39.5 Å². The molecule has 3 aliphatic rings. The Kier molecular flexibility index (Phi) is 2.92. The molecule has 0 atom stereocenters. The molecule has 0 radical (unpaired) electrons. The highest BCUT2D eigenvalue weighted by atomic mass is 19.4. The van der Waals surface area contributed by atoms with E-state index in [1.807, 2.05) is 0 Å². The minimum absolute atomic E-state index is 0.386. The first-order chi connectivity index (χ1) is 12.2. The third-order valence-electron chi connectivity index (χ3n) is 4.23. The Morgan fingerprint density at radius 3 is 0.741 bits per heavy atom. The highest BCUT2D eigenvalue weighted by Crippen LogP contribution is 2.59. The first kappa shape index (κ1) is 17.8. The smallest absolute Gasteiger partial charge is 0.166 e. The van der Waals surface area contributed by atoms with Gasteiger partial charge in [-0.25, -0.2) is 0 Å². The molecule has 144 valence electrons. The van der Waals surface area contributed by atoms with E-state index in [2.05, 4.69) is 30.7 Å². The molecule has 0 aliphatic carbocycles. The molecule has 1 aromatic rings. The SMILES string of the molecule is FC(F)(F)C1(c2cc(C3(C(F)(F)F)N=N3)cc(C3(C(F)(F)F)N=N3)c2)N=N1. The lowest BCUT2D eigenvalue weighted by Gasteiger charge is -2.22. The van der Waals surface area contributed by atoms with Crippen molar-refractivity contribution in [1.82, 2.24) is 0 Å². The van der Waals surface area contributed by atoms with E-state index in [0.717, 1.165) is 0 Å². The van der Waals surface area contributed by atoms with E-state index in [4.69, 9.17) is 0 Å². The summed E-state index contributed by atoms with van der Waals surface area (Å²) in [7, 11) is 0. The van der Waals surface area contributed by atoms with Crippen LogP contribution in [0.25, 0.3) is 0 Å². The summed E-state index contributed by atoms with van der Waals surface area (Å²) in [6.07, 6.45) is -15.5. The Hall–Kier alpha value is -2.61. The molecule has 4 rings (SSSR count). The van der Waals surface area contributed by atoms with Crippen molar-refractivity contribution in [3.8, 4) is 0 Å². The second kappa shape index (κ2) is 4.44. The zero-order valence-electron chi connectivity index (χ0n) is 12.3. The average Bonchev–Trinajstić information content (AvgIpc) is 3.39. The molecular weight excluding hydrogens is 399 g/mol. The van der Waals surface area contributed by atoms with Crippen LogP contribution in [0.5, 0.6) is 0 Å². The number of nitrogens with zero attached hydrogens (tertiary/aromatic N) is 6.